The van der Waals surface area contributed by atoms with Gasteiger partial charge < -0.3 is 14.6 Å². The molecule has 2 aliphatic heterocycles. The van der Waals surface area contributed by atoms with Crippen molar-refractivity contribution in [2.24, 2.45) is 10.9 Å². The molecular formula is C24H34N4OS. The van der Waals surface area contributed by atoms with E-state index in [1.54, 1.807) is 6.26 Å². The van der Waals surface area contributed by atoms with Gasteiger partial charge in [-0.05, 0) is 68.1 Å². The molecule has 2 saturated heterocycles. The Balaban J connectivity index is 1.22. The third-order valence-corrected chi connectivity index (χ3v) is 7.80. The van der Waals surface area contributed by atoms with E-state index in [1.807, 2.05) is 17.4 Å². The summed E-state index contributed by atoms with van der Waals surface area (Å²) in [6.45, 7) is 5.32. The molecule has 2 atom stereocenters. The highest BCUT2D eigenvalue weighted by atomic mass is 32.1. The maximum atomic E-state index is 5.50. The number of nitrogens with zero attached hydrogens (tertiary/aromatic N) is 3. The van der Waals surface area contributed by atoms with Crippen LogP contribution in [0.2, 0.25) is 0 Å². The monoisotopic (exact) mass is 426 g/mol. The third-order valence-electron chi connectivity index (χ3n) is 6.86. The number of furan rings is 1. The molecule has 3 fully saturated rings. The van der Waals surface area contributed by atoms with Crippen LogP contribution in [0, 0.1) is 5.92 Å². The molecule has 162 valence electrons. The summed E-state index contributed by atoms with van der Waals surface area (Å²) >= 11 is 1.83. The number of piperidine rings is 2. The van der Waals surface area contributed by atoms with Crippen molar-refractivity contribution in [1.29, 1.82) is 0 Å². The summed E-state index contributed by atoms with van der Waals surface area (Å²) in [6.07, 6.45) is 10.5. The van der Waals surface area contributed by atoms with Gasteiger partial charge in [0.2, 0.25) is 0 Å². The van der Waals surface area contributed by atoms with Crippen LogP contribution in [-0.4, -0.2) is 60.6 Å². The molecule has 1 aliphatic carbocycles. The first kappa shape index (κ1) is 20.1. The van der Waals surface area contributed by atoms with Crippen molar-refractivity contribution in [3.05, 3.63) is 46.5 Å². The Kier molecular flexibility index (Phi) is 6.42. The van der Waals surface area contributed by atoms with Crippen LogP contribution < -0.4 is 5.32 Å². The molecule has 5 nitrogen and oxygen atoms in total. The van der Waals surface area contributed by atoms with E-state index in [4.69, 9.17) is 9.41 Å². The van der Waals surface area contributed by atoms with Gasteiger partial charge in [0, 0.05) is 56.0 Å². The molecular weight excluding hydrogens is 392 g/mol. The fourth-order valence-corrected chi connectivity index (χ4v) is 5.94. The van der Waals surface area contributed by atoms with Gasteiger partial charge >= 0.3 is 0 Å². The van der Waals surface area contributed by atoms with Crippen LogP contribution >= 0.6 is 11.3 Å². The minimum atomic E-state index is 0.794. The van der Waals surface area contributed by atoms with Crippen LogP contribution in [0.3, 0.4) is 0 Å². The highest BCUT2D eigenvalue weighted by molar-refractivity contribution is 7.09. The molecule has 2 aromatic heterocycles. The molecule has 3 aliphatic rings. The number of fused-ring (bicyclic) bond motifs is 1. The van der Waals surface area contributed by atoms with Crippen LogP contribution in [0.25, 0.3) is 0 Å². The van der Waals surface area contributed by atoms with E-state index in [0.29, 0.717) is 0 Å². The van der Waals surface area contributed by atoms with Crippen molar-refractivity contribution >= 4 is 17.3 Å². The summed E-state index contributed by atoms with van der Waals surface area (Å²) in [4.78, 5) is 11.8. The van der Waals surface area contributed by atoms with Crippen molar-refractivity contribution in [2.75, 3.05) is 32.7 Å². The van der Waals surface area contributed by atoms with Gasteiger partial charge in [0.25, 0.3) is 0 Å². The third kappa shape index (κ3) is 4.92. The van der Waals surface area contributed by atoms with E-state index >= 15 is 0 Å². The van der Waals surface area contributed by atoms with Crippen LogP contribution in [0.4, 0.5) is 0 Å². The van der Waals surface area contributed by atoms with Gasteiger partial charge in [-0.3, -0.25) is 9.89 Å². The lowest BCUT2D eigenvalue weighted by molar-refractivity contribution is 0.0370. The Hall–Kier alpha value is -1.79. The van der Waals surface area contributed by atoms with Gasteiger partial charge in [-0.25, -0.2) is 0 Å². The van der Waals surface area contributed by atoms with E-state index in [0.717, 1.165) is 68.7 Å². The smallest absolute Gasteiger partial charge is 0.193 e. The number of hydrogen-bond donors (Lipinski definition) is 1. The van der Waals surface area contributed by atoms with Gasteiger partial charge in [0.05, 0.1) is 6.26 Å². The van der Waals surface area contributed by atoms with Gasteiger partial charge in [-0.1, -0.05) is 6.07 Å². The predicted octanol–water partition coefficient (Wildman–Crippen LogP) is 4.02. The zero-order valence-corrected chi connectivity index (χ0v) is 18.7. The Morgan fingerprint density at radius 3 is 2.90 bits per heavy atom. The van der Waals surface area contributed by atoms with Crippen molar-refractivity contribution < 1.29 is 4.42 Å². The fourth-order valence-electron chi connectivity index (χ4n) is 5.24. The second-order valence-corrected chi connectivity index (χ2v) is 10.00. The minimum Gasteiger partial charge on any atom is -0.469 e. The van der Waals surface area contributed by atoms with E-state index in [2.05, 4.69) is 38.7 Å². The van der Waals surface area contributed by atoms with Crippen LogP contribution in [0.15, 0.2) is 45.3 Å². The van der Waals surface area contributed by atoms with E-state index < -0.39 is 0 Å². The Morgan fingerprint density at radius 1 is 1.13 bits per heavy atom. The lowest BCUT2D eigenvalue weighted by Gasteiger charge is -2.48. The summed E-state index contributed by atoms with van der Waals surface area (Å²) in [5, 5.41) is 5.81. The Bertz CT molecular complexity index is 799. The molecule has 2 unspecified atom stereocenters. The molecule has 6 heteroatoms. The highest BCUT2D eigenvalue weighted by Gasteiger charge is 2.42. The summed E-state index contributed by atoms with van der Waals surface area (Å²) < 4.78 is 5.50. The second-order valence-electron chi connectivity index (χ2n) is 8.96. The largest absolute Gasteiger partial charge is 0.469 e. The van der Waals surface area contributed by atoms with Gasteiger partial charge in [-0.2, -0.15) is 0 Å². The Morgan fingerprint density at radius 2 is 2.10 bits per heavy atom. The van der Waals surface area contributed by atoms with E-state index in [-0.39, 0.29) is 0 Å². The number of likely N-dealkylation sites (tertiary alicyclic amines) is 2. The van der Waals surface area contributed by atoms with E-state index in [1.165, 1.54) is 43.5 Å². The topological polar surface area (TPSA) is 44.0 Å². The molecule has 0 amide bonds. The normalized spacial score (nSPS) is 25.3. The molecule has 1 saturated carbocycles. The van der Waals surface area contributed by atoms with Crippen molar-refractivity contribution in [2.45, 2.75) is 57.0 Å². The van der Waals surface area contributed by atoms with Gasteiger partial charge in [0.15, 0.2) is 5.96 Å². The number of nitrogens with one attached hydrogen (secondary N) is 1. The summed E-state index contributed by atoms with van der Waals surface area (Å²) in [6, 6.07) is 10.1. The molecule has 30 heavy (non-hydrogen) atoms. The van der Waals surface area contributed by atoms with Crippen molar-refractivity contribution in [3.8, 4) is 0 Å². The van der Waals surface area contributed by atoms with Gasteiger partial charge in [-0.15, -0.1) is 11.3 Å². The second kappa shape index (κ2) is 9.56. The molecule has 2 aromatic rings. The average Bonchev–Trinajstić information content (AvgIpc) is 3.23. The zero-order valence-electron chi connectivity index (χ0n) is 17.8. The first-order valence-corrected chi connectivity index (χ1v) is 12.6. The van der Waals surface area contributed by atoms with Crippen molar-refractivity contribution in [3.63, 3.8) is 0 Å². The highest BCUT2D eigenvalue weighted by Crippen LogP contribution is 2.38. The Labute approximate surface area is 184 Å². The molecule has 4 heterocycles. The van der Waals surface area contributed by atoms with Crippen molar-refractivity contribution in [1.82, 2.24) is 15.1 Å². The lowest BCUT2D eigenvalue weighted by Crippen LogP contribution is -2.57. The minimum absolute atomic E-state index is 0.794. The summed E-state index contributed by atoms with van der Waals surface area (Å²) in [5.41, 5.74) is 0. The quantitative estimate of drug-likeness (QED) is 0.536. The maximum Gasteiger partial charge on any atom is 0.193 e. The van der Waals surface area contributed by atoms with Gasteiger partial charge in [0.1, 0.15) is 5.76 Å². The molecule has 0 radical (unpaired) electrons. The average molecular weight is 427 g/mol. The zero-order chi connectivity index (χ0) is 20.2. The summed E-state index contributed by atoms with van der Waals surface area (Å²) in [7, 11) is 0. The van der Waals surface area contributed by atoms with Crippen LogP contribution in [0.5, 0.6) is 0 Å². The molecule has 0 aromatic carbocycles. The standard InChI is InChI=1S/C24H34N4OS/c1-4-19-18-27(15-11-23(19)28(14-1)20-7-8-20)24(25-12-9-21-5-2-16-29-21)26-13-10-22-6-3-17-30-22/h2-3,5-6,16-17,19-20,23H,1,4,7-15,18H2,(H,25,26). The SMILES string of the molecule is c1coc(CCNC(=NCCc2cccs2)N2CCC3C(CCCN3C3CC3)C2)c1. The number of aliphatic imine (C=N–C) groups is 1. The fraction of sp³-hybridized carbons (Fsp3) is 0.625. The molecule has 5 rings (SSSR count). The number of thiophene rings is 1. The predicted molar refractivity (Wildman–Crippen MR) is 123 cm³/mol. The number of rotatable bonds is 7. The first-order valence-electron chi connectivity index (χ1n) is 11.7. The maximum absolute atomic E-state index is 5.50. The molecule has 0 spiro atoms. The number of hydrogen-bond acceptors (Lipinski definition) is 4. The lowest BCUT2D eigenvalue weighted by atomic mass is 9.83. The first-order chi connectivity index (χ1) is 14.9. The van der Waals surface area contributed by atoms with E-state index in [9.17, 15) is 0 Å². The molecule has 1 N–H and O–H groups in total. The van der Waals surface area contributed by atoms with Crippen LogP contribution in [0.1, 0.15) is 42.7 Å². The van der Waals surface area contributed by atoms with Crippen LogP contribution in [-0.2, 0) is 12.8 Å². The number of guanidine groups is 1. The summed E-state index contributed by atoms with van der Waals surface area (Å²) in [5.74, 6) is 2.93. The molecule has 0 bridgehead atoms.